The van der Waals surface area contributed by atoms with Gasteiger partial charge in [-0.15, -0.1) is 0 Å². The first-order valence-corrected chi connectivity index (χ1v) is 16.5. The number of nitrogens with zero attached hydrogens (tertiary/aromatic N) is 1. The minimum atomic E-state index is -1.07. The van der Waals surface area contributed by atoms with Gasteiger partial charge in [-0.3, -0.25) is 9.59 Å². The van der Waals surface area contributed by atoms with Gasteiger partial charge in [-0.2, -0.15) is 0 Å². The Bertz CT molecular complexity index is 1390. The molecule has 3 rings (SSSR count). The summed E-state index contributed by atoms with van der Waals surface area (Å²) in [5.74, 6) is -2.07. The highest BCUT2D eigenvalue weighted by atomic mass is 19.1. The first-order valence-electron chi connectivity index (χ1n) is 16.5. The van der Waals surface area contributed by atoms with Gasteiger partial charge in [-0.25, -0.2) is 8.78 Å². The van der Waals surface area contributed by atoms with E-state index >= 15 is 0 Å². The molecule has 2 atom stereocenters. The zero-order valence-electron chi connectivity index (χ0n) is 27.7. The lowest BCUT2D eigenvalue weighted by atomic mass is 9.98. The molecule has 0 unspecified atom stereocenters. The summed E-state index contributed by atoms with van der Waals surface area (Å²) in [5, 5.41) is 20.6. The summed E-state index contributed by atoms with van der Waals surface area (Å²) in [6.45, 7) is 8.79. The molecule has 3 aromatic carbocycles. The molecule has 0 saturated carbocycles. The number of rotatable bonds is 19. The largest absolute Gasteiger partial charge is 0.390 e. The van der Waals surface area contributed by atoms with Crippen molar-refractivity contribution in [3.8, 4) is 0 Å². The molecule has 250 valence electrons. The average Bonchev–Trinajstić information content (AvgIpc) is 3.03. The molecule has 7 nitrogen and oxygen atoms in total. The Kier molecular flexibility index (Phi) is 15.3. The van der Waals surface area contributed by atoms with Crippen LogP contribution in [0.4, 0.5) is 8.78 Å². The first-order chi connectivity index (χ1) is 22.2. The predicted molar refractivity (Wildman–Crippen MR) is 180 cm³/mol. The molecule has 0 radical (unpaired) electrons. The maximum Gasteiger partial charge on any atom is 0.253 e. The van der Waals surface area contributed by atoms with Crippen molar-refractivity contribution in [1.29, 1.82) is 0 Å². The van der Waals surface area contributed by atoms with Crippen molar-refractivity contribution in [1.82, 2.24) is 20.9 Å². The fourth-order valence-electron chi connectivity index (χ4n) is 5.58. The summed E-state index contributed by atoms with van der Waals surface area (Å²) < 4.78 is 28.2. The molecule has 9 heteroatoms. The second kappa shape index (κ2) is 19.1. The highest BCUT2D eigenvalue weighted by molar-refractivity contribution is 6.00. The molecular weight excluding hydrogens is 586 g/mol. The lowest BCUT2D eigenvalue weighted by Crippen LogP contribution is -2.48. The molecule has 0 aliphatic carbocycles. The molecule has 0 aliphatic rings. The van der Waals surface area contributed by atoms with E-state index in [4.69, 9.17) is 0 Å². The van der Waals surface area contributed by atoms with Crippen LogP contribution in [0.3, 0.4) is 0 Å². The van der Waals surface area contributed by atoms with Gasteiger partial charge in [0.1, 0.15) is 11.6 Å². The third-order valence-electron chi connectivity index (χ3n) is 7.91. The standard InChI is InChI=1S/C37H50F2N4O3/c1-5-14-43(15-6-2)37(46)31-18-27(12-9-13-40-4)17-30(22-31)36(45)42-34(21-29-19-32(38)23-33(39)20-29)35(44)25-41-24-28-11-8-10-26(7-3)16-28/h8,10-11,16-20,22-23,34-35,40-41,44H,5-7,9,12-15,21,24-25H2,1-4H3,(H,42,45)/t34-,35+/m1/s1. The number of hydrogen-bond donors (Lipinski definition) is 4. The van der Waals surface area contributed by atoms with Crippen molar-refractivity contribution in [3.05, 3.63) is 106 Å². The maximum absolute atomic E-state index is 14.1. The Morgan fingerprint density at radius 3 is 2.17 bits per heavy atom. The van der Waals surface area contributed by atoms with Gasteiger partial charge >= 0.3 is 0 Å². The Morgan fingerprint density at radius 1 is 0.848 bits per heavy atom. The highest BCUT2D eigenvalue weighted by Crippen LogP contribution is 2.18. The fraction of sp³-hybridized carbons (Fsp3) is 0.459. The third kappa shape index (κ3) is 11.6. The van der Waals surface area contributed by atoms with Crippen LogP contribution in [-0.4, -0.2) is 67.2 Å². The van der Waals surface area contributed by atoms with E-state index < -0.39 is 29.7 Å². The van der Waals surface area contributed by atoms with E-state index in [0.29, 0.717) is 42.7 Å². The number of benzene rings is 3. The smallest absolute Gasteiger partial charge is 0.253 e. The van der Waals surface area contributed by atoms with Gasteiger partial charge in [-0.1, -0.05) is 45.0 Å². The van der Waals surface area contributed by atoms with Crippen LogP contribution in [0.25, 0.3) is 0 Å². The molecule has 0 aliphatic heterocycles. The Balaban J connectivity index is 1.87. The van der Waals surface area contributed by atoms with Gasteiger partial charge < -0.3 is 26.0 Å². The van der Waals surface area contributed by atoms with E-state index in [1.165, 1.54) is 17.7 Å². The van der Waals surface area contributed by atoms with Crippen molar-refractivity contribution in [2.24, 2.45) is 0 Å². The zero-order chi connectivity index (χ0) is 33.5. The predicted octanol–water partition coefficient (Wildman–Crippen LogP) is 5.43. The van der Waals surface area contributed by atoms with Gasteiger partial charge in [0.05, 0.1) is 12.1 Å². The second-order valence-electron chi connectivity index (χ2n) is 11.9. The minimum Gasteiger partial charge on any atom is -0.390 e. The van der Waals surface area contributed by atoms with Crippen LogP contribution in [0.2, 0.25) is 0 Å². The van der Waals surface area contributed by atoms with E-state index in [1.54, 1.807) is 17.0 Å². The molecule has 0 heterocycles. The summed E-state index contributed by atoms with van der Waals surface area (Å²) in [7, 11) is 1.87. The van der Waals surface area contributed by atoms with Crippen LogP contribution < -0.4 is 16.0 Å². The lowest BCUT2D eigenvalue weighted by Gasteiger charge is -2.26. The van der Waals surface area contributed by atoms with E-state index in [9.17, 15) is 23.5 Å². The number of aliphatic hydroxyl groups is 1. The molecule has 2 amide bonds. The van der Waals surface area contributed by atoms with Crippen LogP contribution >= 0.6 is 0 Å². The van der Waals surface area contributed by atoms with Crippen molar-refractivity contribution in [2.45, 2.75) is 78.0 Å². The molecule has 0 fully saturated rings. The average molecular weight is 637 g/mol. The molecule has 0 aromatic heterocycles. The van der Waals surface area contributed by atoms with Crippen molar-refractivity contribution >= 4 is 11.8 Å². The van der Waals surface area contributed by atoms with Crippen LogP contribution in [0.15, 0.2) is 60.7 Å². The van der Waals surface area contributed by atoms with Crippen LogP contribution in [-0.2, 0) is 25.8 Å². The summed E-state index contributed by atoms with van der Waals surface area (Å²) >= 11 is 0. The molecule has 0 spiro atoms. The Hall–Kier alpha value is -3.66. The molecule has 3 aromatic rings. The van der Waals surface area contributed by atoms with E-state index in [0.717, 1.165) is 49.4 Å². The summed E-state index contributed by atoms with van der Waals surface area (Å²) in [4.78, 5) is 29.2. The quantitative estimate of drug-likeness (QED) is 0.132. The second-order valence-corrected chi connectivity index (χ2v) is 11.9. The van der Waals surface area contributed by atoms with Crippen LogP contribution in [0.1, 0.15) is 83.0 Å². The number of aliphatic hydroxyl groups excluding tert-OH is 1. The third-order valence-corrected chi connectivity index (χ3v) is 7.91. The van der Waals surface area contributed by atoms with Crippen LogP contribution in [0, 0.1) is 11.6 Å². The number of aryl methyl sites for hydroxylation is 2. The number of nitrogens with one attached hydrogen (secondary N) is 3. The van der Waals surface area contributed by atoms with Crippen LogP contribution in [0.5, 0.6) is 0 Å². The van der Waals surface area contributed by atoms with Gasteiger partial charge in [0, 0.05) is 43.4 Å². The monoisotopic (exact) mass is 636 g/mol. The van der Waals surface area contributed by atoms with Crippen molar-refractivity contribution < 1.29 is 23.5 Å². The van der Waals surface area contributed by atoms with E-state index in [-0.39, 0.29) is 18.9 Å². The molecule has 4 N–H and O–H groups in total. The van der Waals surface area contributed by atoms with Gasteiger partial charge in [-0.05, 0) is 105 Å². The van der Waals surface area contributed by atoms with Gasteiger partial charge in [0.15, 0.2) is 0 Å². The molecule has 0 bridgehead atoms. The van der Waals surface area contributed by atoms with Gasteiger partial charge in [0.25, 0.3) is 11.8 Å². The summed E-state index contributed by atoms with van der Waals surface area (Å²) in [6, 6.07) is 15.7. The number of halogens is 2. The molecular formula is C37H50F2N4O3. The summed E-state index contributed by atoms with van der Waals surface area (Å²) in [6.07, 6.45) is 2.97. The first kappa shape index (κ1) is 36.8. The number of carbonyl (C=O) groups is 2. The Labute approximate surface area is 272 Å². The number of hydrogen-bond acceptors (Lipinski definition) is 5. The van der Waals surface area contributed by atoms with E-state index in [2.05, 4.69) is 35.0 Å². The van der Waals surface area contributed by atoms with Crippen molar-refractivity contribution in [3.63, 3.8) is 0 Å². The van der Waals surface area contributed by atoms with Gasteiger partial charge in [0.2, 0.25) is 0 Å². The SMILES string of the molecule is CCCN(CCC)C(=O)c1cc(CCCNC)cc(C(=O)N[C@H](Cc2cc(F)cc(F)c2)[C@@H](O)CNCc2cccc(CC)c2)c1. The maximum atomic E-state index is 14.1. The lowest BCUT2D eigenvalue weighted by molar-refractivity contribution is 0.0755. The van der Waals surface area contributed by atoms with Crippen molar-refractivity contribution in [2.75, 3.05) is 33.2 Å². The van der Waals surface area contributed by atoms with E-state index in [1.807, 2.05) is 39.1 Å². The topological polar surface area (TPSA) is 93.7 Å². The molecule has 0 saturated heterocycles. The fourth-order valence-corrected chi connectivity index (χ4v) is 5.58. The highest BCUT2D eigenvalue weighted by Gasteiger charge is 2.25. The number of amides is 2. The summed E-state index contributed by atoms with van der Waals surface area (Å²) in [5.41, 5.74) is 4.17. The molecule has 46 heavy (non-hydrogen) atoms. The minimum absolute atomic E-state index is 0.00299. The zero-order valence-corrected chi connectivity index (χ0v) is 27.7. The Morgan fingerprint density at radius 2 is 1.52 bits per heavy atom. The number of carbonyl (C=O) groups excluding carboxylic acids is 2. The normalized spacial score (nSPS) is 12.5.